The first-order valence-electron chi connectivity index (χ1n) is 8.01. The fraction of sp³-hybridized carbons (Fsp3) is 0.158. The number of esters is 1. The van der Waals surface area contributed by atoms with Gasteiger partial charge in [0.2, 0.25) is 10.0 Å². The second-order valence-corrected chi connectivity index (χ2v) is 7.99. The van der Waals surface area contributed by atoms with Crippen molar-refractivity contribution < 1.29 is 22.7 Å². The summed E-state index contributed by atoms with van der Waals surface area (Å²) in [5.74, 6) is -1.01. The van der Waals surface area contributed by atoms with Crippen LogP contribution in [0.25, 0.3) is 10.9 Å². The Hall–Kier alpha value is -3.13. The van der Waals surface area contributed by atoms with Gasteiger partial charge in [-0.1, -0.05) is 30.3 Å². The zero-order valence-electron chi connectivity index (χ0n) is 15.0. The molecule has 1 heterocycles. The second-order valence-electron chi connectivity index (χ2n) is 5.97. The van der Waals surface area contributed by atoms with Gasteiger partial charge in [-0.2, -0.15) is 0 Å². The summed E-state index contributed by atoms with van der Waals surface area (Å²) in [6.45, 7) is 0. The van der Waals surface area contributed by atoms with Gasteiger partial charge in [-0.15, -0.1) is 0 Å². The molecular formula is C19H18N2O5S. The summed E-state index contributed by atoms with van der Waals surface area (Å²) >= 11 is 0. The van der Waals surface area contributed by atoms with E-state index in [-0.39, 0.29) is 16.8 Å². The fourth-order valence-electron chi connectivity index (χ4n) is 2.86. The van der Waals surface area contributed by atoms with E-state index in [1.807, 2.05) is 0 Å². The summed E-state index contributed by atoms with van der Waals surface area (Å²) in [5, 5.41) is 0.576. The van der Waals surface area contributed by atoms with Crippen LogP contribution in [0.15, 0.2) is 54.7 Å². The molecule has 0 aliphatic carbocycles. The fourth-order valence-corrected chi connectivity index (χ4v) is 3.37. The first-order valence-corrected chi connectivity index (χ1v) is 9.86. The van der Waals surface area contributed by atoms with E-state index in [0.29, 0.717) is 10.9 Å². The lowest BCUT2D eigenvalue weighted by atomic mass is 10.1. The van der Waals surface area contributed by atoms with Crippen molar-refractivity contribution >= 4 is 38.5 Å². The molecule has 3 aromatic rings. The topological polar surface area (TPSA) is 85.7 Å². The molecule has 0 spiro atoms. The SMILES string of the molecule is COC(=O)c1cn(C(=O)c2ccccc2N(C)S(C)(=O)=O)c2ccccc12. The Morgan fingerprint density at radius 3 is 2.30 bits per heavy atom. The van der Waals surface area contributed by atoms with Gasteiger partial charge in [-0.05, 0) is 18.2 Å². The molecule has 1 aromatic heterocycles. The molecule has 8 heteroatoms. The average molecular weight is 386 g/mol. The Morgan fingerprint density at radius 1 is 1.00 bits per heavy atom. The summed E-state index contributed by atoms with van der Waals surface area (Å²) in [5.41, 5.74) is 1.24. The van der Waals surface area contributed by atoms with Crippen LogP contribution in [0.1, 0.15) is 20.7 Å². The predicted molar refractivity (Wildman–Crippen MR) is 103 cm³/mol. The van der Waals surface area contributed by atoms with E-state index >= 15 is 0 Å². The molecule has 27 heavy (non-hydrogen) atoms. The van der Waals surface area contributed by atoms with E-state index in [9.17, 15) is 18.0 Å². The maximum atomic E-state index is 13.2. The molecule has 0 amide bonds. The number of nitrogens with zero attached hydrogens (tertiary/aromatic N) is 2. The van der Waals surface area contributed by atoms with Crippen molar-refractivity contribution in [3.63, 3.8) is 0 Å². The number of benzene rings is 2. The molecule has 0 saturated carbocycles. The van der Waals surface area contributed by atoms with Crippen molar-refractivity contribution in [1.82, 2.24) is 4.57 Å². The van der Waals surface area contributed by atoms with Gasteiger partial charge in [-0.25, -0.2) is 13.2 Å². The van der Waals surface area contributed by atoms with Crippen LogP contribution >= 0.6 is 0 Å². The minimum atomic E-state index is -3.55. The Kier molecular flexibility index (Phi) is 4.75. The molecule has 0 radical (unpaired) electrons. The van der Waals surface area contributed by atoms with Crippen molar-refractivity contribution in [1.29, 1.82) is 0 Å². The highest BCUT2D eigenvalue weighted by Gasteiger charge is 2.23. The van der Waals surface area contributed by atoms with Gasteiger partial charge in [0, 0.05) is 18.6 Å². The lowest BCUT2D eigenvalue weighted by Gasteiger charge is -2.19. The zero-order valence-corrected chi connectivity index (χ0v) is 15.9. The first kappa shape index (κ1) is 18.7. The van der Waals surface area contributed by atoms with Crippen molar-refractivity contribution in [2.24, 2.45) is 0 Å². The summed E-state index contributed by atoms with van der Waals surface area (Å²) in [6, 6.07) is 13.4. The normalized spacial score (nSPS) is 11.4. The van der Waals surface area contributed by atoms with Crippen LogP contribution in [-0.2, 0) is 14.8 Å². The highest BCUT2D eigenvalue weighted by Crippen LogP contribution is 2.27. The van der Waals surface area contributed by atoms with Gasteiger partial charge in [0.05, 0.1) is 35.7 Å². The molecule has 7 nitrogen and oxygen atoms in total. The molecule has 0 N–H and O–H groups in total. The van der Waals surface area contributed by atoms with Gasteiger partial charge in [0.1, 0.15) is 0 Å². The number of para-hydroxylation sites is 2. The highest BCUT2D eigenvalue weighted by molar-refractivity contribution is 7.92. The Morgan fingerprint density at radius 2 is 1.63 bits per heavy atom. The average Bonchev–Trinajstić information content (AvgIpc) is 3.05. The van der Waals surface area contributed by atoms with Gasteiger partial charge < -0.3 is 4.74 Å². The molecule has 0 aliphatic rings. The third kappa shape index (κ3) is 3.31. The lowest BCUT2D eigenvalue weighted by Crippen LogP contribution is -2.27. The Bertz CT molecular complexity index is 1150. The maximum Gasteiger partial charge on any atom is 0.340 e. The van der Waals surface area contributed by atoms with Crippen LogP contribution in [0.3, 0.4) is 0 Å². The molecule has 3 rings (SSSR count). The number of rotatable bonds is 4. The van der Waals surface area contributed by atoms with E-state index < -0.39 is 21.9 Å². The van der Waals surface area contributed by atoms with Crippen molar-refractivity contribution in [3.8, 4) is 0 Å². The Balaban J connectivity index is 2.20. The second kappa shape index (κ2) is 6.88. The van der Waals surface area contributed by atoms with Gasteiger partial charge in [-0.3, -0.25) is 13.7 Å². The van der Waals surface area contributed by atoms with Gasteiger partial charge >= 0.3 is 5.97 Å². The van der Waals surface area contributed by atoms with E-state index in [2.05, 4.69) is 0 Å². The number of sulfonamides is 1. The van der Waals surface area contributed by atoms with Crippen molar-refractivity contribution in [3.05, 3.63) is 65.9 Å². The number of hydrogen-bond donors (Lipinski definition) is 0. The number of carbonyl (C=O) groups excluding carboxylic acids is 2. The largest absolute Gasteiger partial charge is 0.465 e. The number of hydrogen-bond acceptors (Lipinski definition) is 5. The standard InChI is InChI=1S/C19H18N2O5S/c1-20(27(3,24)25)16-10-6-5-9-14(16)18(22)21-12-15(19(23)26-2)13-8-4-7-11-17(13)21/h4-12H,1-3H3. The summed E-state index contributed by atoms with van der Waals surface area (Å²) in [7, 11) is -0.897. The number of anilines is 1. The molecule has 0 unspecified atom stereocenters. The van der Waals surface area contributed by atoms with E-state index in [1.165, 1.54) is 24.9 Å². The van der Waals surface area contributed by atoms with Crippen LogP contribution < -0.4 is 4.31 Å². The number of ether oxygens (including phenoxy) is 1. The van der Waals surface area contributed by atoms with E-state index in [4.69, 9.17) is 4.74 Å². The molecule has 0 aliphatic heterocycles. The minimum Gasteiger partial charge on any atom is -0.465 e. The van der Waals surface area contributed by atoms with Gasteiger partial charge in [0.15, 0.2) is 0 Å². The van der Waals surface area contributed by atoms with E-state index in [0.717, 1.165) is 10.6 Å². The number of aromatic nitrogens is 1. The lowest BCUT2D eigenvalue weighted by molar-refractivity contribution is 0.0603. The zero-order chi connectivity index (χ0) is 19.8. The molecule has 0 saturated heterocycles. The third-order valence-electron chi connectivity index (χ3n) is 4.31. The summed E-state index contributed by atoms with van der Waals surface area (Å²) < 4.78 is 31.0. The molecule has 0 fully saturated rings. The molecular weight excluding hydrogens is 368 g/mol. The summed E-state index contributed by atoms with van der Waals surface area (Å²) in [6.07, 6.45) is 2.48. The Labute approximate surface area is 156 Å². The molecule has 0 atom stereocenters. The number of carbonyl (C=O) groups is 2. The van der Waals surface area contributed by atoms with Crippen LogP contribution in [0.5, 0.6) is 0 Å². The monoisotopic (exact) mass is 386 g/mol. The third-order valence-corrected chi connectivity index (χ3v) is 5.50. The van der Waals surface area contributed by atoms with Crippen molar-refractivity contribution in [2.75, 3.05) is 24.7 Å². The van der Waals surface area contributed by atoms with Crippen molar-refractivity contribution in [2.45, 2.75) is 0 Å². The van der Waals surface area contributed by atoms with Crippen LogP contribution in [0, 0.1) is 0 Å². The molecule has 140 valence electrons. The van der Waals surface area contributed by atoms with E-state index in [1.54, 1.807) is 48.5 Å². The predicted octanol–water partition coefficient (Wildman–Crippen LogP) is 2.51. The number of fused-ring (bicyclic) bond motifs is 1. The highest BCUT2D eigenvalue weighted by atomic mass is 32.2. The maximum absolute atomic E-state index is 13.2. The van der Waals surface area contributed by atoms with Crippen LogP contribution in [0.4, 0.5) is 5.69 Å². The quantitative estimate of drug-likeness (QED) is 0.643. The smallest absolute Gasteiger partial charge is 0.340 e. The minimum absolute atomic E-state index is 0.197. The van der Waals surface area contributed by atoms with Gasteiger partial charge in [0.25, 0.3) is 5.91 Å². The molecule has 2 aromatic carbocycles. The van der Waals surface area contributed by atoms with Crippen LogP contribution in [-0.4, -0.2) is 45.3 Å². The summed E-state index contributed by atoms with van der Waals surface area (Å²) in [4.78, 5) is 25.3. The van der Waals surface area contributed by atoms with Crippen LogP contribution in [0.2, 0.25) is 0 Å². The first-order chi connectivity index (χ1) is 12.8. The number of methoxy groups -OCH3 is 1. The molecule has 0 bridgehead atoms.